The van der Waals surface area contributed by atoms with Gasteiger partial charge in [0.25, 0.3) is 5.91 Å². The molecule has 1 heterocycles. The number of nitrogens with one attached hydrogen (secondary N) is 2. The number of aliphatic hydroxyl groups excluding tert-OH is 1. The van der Waals surface area contributed by atoms with Gasteiger partial charge in [0, 0.05) is 35.2 Å². The van der Waals surface area contributed by atoms with Crippen LogP contribution in [-0.4, -0.2) is 28.6 Å². The number of anilines is 1. The number of aromatic nitrogens is 1. The predicted molar refractivity (Wildman–Crippen MR) is 83.0 cm³/mol. The van der Waals surface area contributed by atoms with Gasteiger partial charge in [0.05, 0.1) is 11.7 Å². The summed E-state index contributed by atoms with van der Waals surface area (Å²) >= 11 is 0. The van der Waals surface area contributed by atoms with Crippen molar-refractivity contribution >= 4 is 22.5 Å². The van der Waals surface area contributed by atoms with Gasteiger partial charge >= 0.3 is 0 Å². The number of nitrogens with two attached hydrogens (primary N) is 1. The van der Waals surface area contributed by atoms with Gasteiger partial charge in [-0.3, -0.25) is 4.79 Å². The first kappa shape index (κ1) is 13.9. The number of carbonyl (C=O) groups excluding carboxylic acids is 1. The van der Waals surface area contributed by atoms with Crippen molar-refractivity contribution in [3.05, 3.63) is 30.0 Å². The molecule has 1 aliphatic rings. The van der Waals surface area contributed by atoms with Gasteiger partial charge in [-0.25, -0.2) is 0 Å². The van der Waals surface area contributed by atoms with E-state index in [9.17, 15) is 9.90 Å². The van der Waals surface area contributed by atoms with Crippen LogP contribution in [0.2, 0.25) is 0 Å². The van der Waals surface area contributed by atoms with E-state index in [2.05, 4.69) is 10.3 Å². The van der Waals surface area contributed by atoms with E-state index in [1.54, 1.807) is 18.3 Å². The van der Waals surface area contributed by atoms with Gasteiger partial charge < -0.3 is 21.1 Å². The molecule has 2 unspecified atom stereocenters. The predicted octanol–water partition coefficient (Wildman–Crippen LogP) is 2.03. The van der Waals surface area contributed by atoms with Gasteiger partial charge in [0.15, 0.2) is 0 Å². The maximum absolute atomic E-state index is 12.3. The number of fused-ring (bicyclic) bond motifs is 1. The largest absolute Gasteiger partial charge is 0.399 e. The lowest BCUT2D eigenvalue weighted by atomic mass is 9.86. The Bertz CT molecular complexity index is 650. The van der Waals surface area contributed by atoms with E-state index in [-0.39, 0.29) is 17.9 Å². The Labute approximate surface area is 123 Å². The molecule has 2 atom stereocenters. The maximum atomic E-state index is 12.3. The third kappa shape index (κ3) is 2.88. The van der Waals surface area contributed by atoms with Crippen LogP contribution in [0.5, 0.6) is 0 Å². The number of hydrogen-bond acceptors (Lipinski definition) is 3. The van der Waals surface area contributed by atoms with Crippen LogP contribution in [0, 0.1) is 5.92 Å². The number of nitrogen functional groups attached to an aromatic ring is 1. The van der Waals surface area contributed by atoms with E-state index < -0.39 is 0 Å². The average Bonchev–Trinajstić information content (AvgIpc) is 2.89. The molecule has 1 amide bonds. The van der Waals surface area contributed by atoms with Crippen LogP contribution >= 0.6 is 0 Å². The van der Waals surface area contributed by atoms with Crippen molar-refractivity contribution < 1.29 is 9.90 Å². The zero-order valence-corrected chi connectivity index (χ0v) is 11.9. The summed E-state index contributed by atoms with van der Waals surface area (Å²) in [7, 11) is 0. The molecule has 2 aromatic rings. The highest BCUT2D eigenvalue weighted by Crippen LogP contribution is 2.24. The van der Waals surface area contributed by atoms with E-state index >= 15 is 0 Å². The molecule has 0 bridgehead atoms. The van der Waals surface area contributed by atoms with Gasteiger partial charge in [0.2, 0.25) is 0 Å². The van der Waals surface area contributed by atoms with Crippen molar-refractivity contribution in [2.45, 2.75) is 31.8 Å². The molecule has 0 saturated heterocycles. The van der Waals surface area contributed by atoms with Crippen LogP contribution in [-0.2, 0) is 0 Å². The van der Waals surface area contributed by atoms with Gasteiger partial charge in [-0.05, 0) is 31.0 Å². The van der Waals surface area contributed by atoms with Gasteiger partial charge in [0.1, 0.15) is 0 Å². The lowest BCUT2D eigenvalue weighted by Crippen LogP contribution is -2.36. The minimum Gasteiger partial charge on any atom is -0.399 e. The van der Waals surface area contributed by atoms with Gasteiger partial charge in [-0.1, -0.05) is 12.8 Å². The first-order valence-corrected chi connectivity index (χ1v) is 7.48. The Balaban J connectivity index is 1.70. The molecule has 112 valence electrons. The van der Waals surface area contributed by atoms with E-state index in [1.165, 1.54) is 0 Å². The van der Waals surface area contributed by atoms with Crippen LogP contribution < -0.4 is 11.1 Å². The maximum Gasteiger partial charge on any atom is 0.253 e. The van der Waals surface area contributed by atoms with Crippen molar-refractivity contribution in [1.82, 2.24) is 10.3 Å². The second kappa shape index (κ2) is 5.77. The average molecular weight is 287 g/mol. The normalized spacial score (nSPS) is 22.3. The zero-order valence-electron chi connectivity index (χ0n) is 11.9. The highest BCUT2D eigenvalue weighted by molar-refractivity contribution is 6.07. The summed E-state index contributed by atoms with van der Waals surface area (Å²) in [5.74, 6) is 0.0441. The fourth-order valence-corrected chi connectivity index (χ4v) is 3.07. The first-order chi connectivity index (χ1) is 10.1. The van der Waals surface area contributed by atoms with Crippen LogP contribution in [0.4, 0.5) is 5.69 Å². The van der Waals surface area contributed by atoms with Crippen molar-refractivity contribution in [2.75, 3.05) is 12.3 Å². The molecule has 1 aliphatic carbocycles. The zero-order chi connectivity index (χ0) is 14.8. The van der Waals surface area contributed by atoms with Crippen LogP contribution in [0.15, 0.2) is 24.4 Å². The summed E-state index contributed by atoms with van der Waals surface area (Å²) in [6.07, 6.45) is 5.43. The van der Waals surface area contributed by atoms with Crippen molar-refractivity contribution in [1.29, 1.82) is 0 Å². The Hall–Kier alpha value is -2.01. The summed E-state index contributed by atoms with van der Waals surface area (Å²) in [6.45, 7) is 0.523. The Morgan fingerprint density at radius 1 is 1.38 bits per heavy atom. The van der Waals surface area contributed by atoms with E-state index in [1.807, 2.05) is 6.07 Å². The Kier molecular flexibility index (Phi) is 3.84. The van der Waals surface area contributed by atoms with Crippen molar-refractivity contribution in [2.24, 2.45) is 5.92 Å². The minimum atomic E-state index is -0.294. The number of hydrogen-bond donors (Lipinski definition) is 4. The highest BCUT2D eigenvalue weighted by atomic mass is 16.3. The number of H-pyrrole nitrogens is 1. The summed E-state index contributed by atoms with van der Waals surface area (Å²) < 4.78 is 0. The molecule has 1 aromatic carbocycles. The summed E-state index contributed by atoms with van der Waals surface area (Å²) in [5, 5.41) is 13.7. The first-order valence-electron chi connectivity index (χ1n) is 7.48. The summed E-state index contributed by atoms with van der Waals surface area (Å²) in [6, 6.07) is 5.47. The number of amides is 1. The summed E-state index contributed by atoms with van der Waals surface area (Å²) in [5.41, 5.74) is 7.92. The molecular formula is C16H21N3O2. The Morgan fingerprint density at radius 2 is 2.19 bits per heavy atom. The quantitative estimate of drug-likeness (QED) is 0.651. The molecule has 1 aromatic heterocycles. The molecule has 3 rings (SSSR count). The monoisotopic (exact) mass is 287 g/mol. The fraction of sp³-hybridized carbons (Fsp3) is 0.438. The number of aliphatic hydroxyl groups is 1. The van der Waals surface area contributed by atoms with E-state index in [0.29, 0.717) is 17.8 Å². The second-order valence-electron chi connectivity index (χ2n) is 5.83. The van der Waals surface area contributed by atoms with Crippen molar-refractivity contribution in [3.8, 4) is 0 Å². The molecule has 1 saturated carbocycles. The second-order valence-corrected chi connectivity index (χ2v) is 5.83. The standard InChI is InChI=1S/C16H21N3O2/c17-11-5-6-14-12(7-11)13(9-18-14)16(21)19-8-10-3-1-2-4-15(10)20/h5-7,9-10,15,18,20H,1-4,8,17H2,(H,19,21). The molecular weight excluding hydrogens is 266 g/mol. The molecule has 0 radical (unpaired) electrons. The van der Waals surface area contributed by atoms with E-state index in [0.717, 1.165) is 36.6 Å². The highest BCUT2D eigenvalue weighted by Gasteiger charge is 2.23. The minimum absolute atomic E-state index is 0.121. The SMILES string of the molecule is Nc1ccc2[nH]cc(C(=O)NCC3CCCCC3O)c2c1. The fourth-order valence-electron chi connectivity index (χ4n) is 3.07. The van der Waals surface area contributed by atoms with Crippen LogP contribution in [0.1, 0.15) is 36.0 Å². The third-order valence-corrected chi connectivity index (χ3v) is 4.34. The van der Waals surface area contributed by atoms with Crippen molar-refractivity contribution in [3.63, 3.8) is 0 Å². The lowest BCUT2D eigenvalue weighted by Gasteiger charge is -2.27. The smallest absolute Gasteiger partial charge is 0.253 e. The molecule has 0 spiro atoms. The van der Waals surface area contributed by atoms with Gasteiger partial charge in [-0.2, -0.15) is 0 Å². The number of benzene rings is 1. The van der Waals surface area contributed by atoms with E-state index in [4.69, 9.17) is 5.73 Å². The lowest BCUT2D eigenvalue weighted by molar-refractivity contribution is 0.0663. The third-order valence-electron chi connectivity index (χ3n) is 4.34. The number of carbonyl (C=O) groups is 1. The molecule has 5 heteroatoms. The molecule has 1 fully saturated rings. The molecule has 0 aliphatic heterocycles. The van der Waals surface area contributed by atoms with Crippen LogP contribution in [0.25, 0.3) is 10.9 Å². The summed E-state index contributed by atoms with van der Waals surface area (Å²) in [4.78, 5) is 15.4. The van der Waals surface area contributed by atoms with Gasteiger partial charge in [-0.15, -0.1) is 0 Å². The number of rotatable bonds is 3. The van der Waals surface area contributed by atoms with Crippen LogP contribution in [0.3, 0.4) is 0 Å². The Morgan fingerprint density at radius 3 is 3.00 bits per heavy atom. The molecule has 5 nitrogen and oxygen atoms in total. The molecule has 21 heavy (non-hydrogen) atoms. The number of aromatic amines is 1. The molecule has 5 N–H and O–H groups in total. The topological polar surface area (TPSA) is 91.1 Å².